The van der Waals surface area contributed by atoms with Crippen LogP contribution in [0.4, 0.5) is 5.69 Å². The predicted molar refractivity (Wildman–Crippen MR) is 118 cm³/mol. The van der Waals surface area contributed by atoms with Crippen molar-refractivity contribution in [2.24, 2.45) is 0 Å². The first-order valence-electron chi connectivity index (χ1n) is 9.79. The van der Waals surface area contributed by atoms with Crippen LogP contribution in [0.5, 0.6) is 5.75 Å². The zero-order valence-electron chi connectivity index (χ0n) is 18.4. The van der Waals surface area contributed by atoms with Crippen molar-refractivity contribution in [1.82, 2.24) is 4.31 Å². The van der Waals surface area contributed by atoms with Crippen molar-refractivity contribution >= 4 is 33.4 Å². The number of anilines is 1. The Morgan fingerprint density at radius 1 is 1.00 bits per heavy atom. The number of hydrogen-bond donors (Lipinski definition) is 1. The van der Waals surface area contributed by atoms with E-state index in [0.717, 1.165) is 4.31 Å². The highest BCUT2D eigenvalue weighted by molar-refractivity contribution is 7.89. The molecule has 1 amide bonds. The largest absolute Gasteiger partial charge is 0.482 e. The van der Waals surface area contributed by atoms with Crippen molar-refractivity contribution in [3.8, 4) is 5.75 Å². The normalized spacial score (nSPS) is 11.2. The van der Waals surface area contributed by atoms with Crippen LogP contribution in [0.2, 0.25) is 0 Å². The maximum atomic E-state index is 12.4. The molecular formula is C22H26N2O7S. The van der Waals surface area contributed by atoms with Gasteiger partial charge in [0.05, 0.1) is 4.90 Å². The number of amides is 1. The lowest BCUT2D eigenvalue weighted by Gasteiger charge is -2.15. The Hall–Kier alpha value is -3.24. The van der Waals surface area contributed by atoms with Gasteiger partial charge in [-0.25, -0.2) is 17.5 Å². The minimum absolute atomic E-state index is 0.00184. The Bertz CT molecular complexity index is 1090. The van der Waals surface area contributed by atoms with Gasteiger partial charge in [-0.15, -0.1) is 0 Å². The van der Waals surface area contributed by atoms with Gasteiger partial charge >= 0.3 is 5.97 Å². The molecule has 0 aromatic heterocycles. The lowest BCUT2D eigenvalue weighted by Crippen LogP contribution is -2.25. The number of carbonyl (C=O) groups is 3. The second-order valence-electron chi connectivity index (χ2n) is 7.07. The summed E-state index contributed by atoms with van der Waals surface area (Å²) in [7, 11) is -0.838. The third kappa shape index (κ3) is 6.63. The van der Waals surface area contributed by atoms with Crippen LogP contribution in [0.15, 0.2) is 47.4 Å². The van der Waals surface area contributed by atoms with Crippen molar-refractivity contribution in [2.75, 3.05) is 32.6 Å². The van der Waals surface area contributed by atoms with Crippen molar-refractivity contribution < 1.29 is 32.3 Å². The maximum Gasteiger partial charge on any atom is 0.344 e. The quantitative estimate of drug-likeness (QED) is 0.425. The number of esters is 1. The van der Waals surface area contributed by atoms with Gasteiger partial charge in [0.15, 0.2) is 19.0 Å². The number of ether oxygens (including phenoxy) is 2. The van der Waals surface area contributed by atoms with Gasteiger partial charge in [-0.3, -0.25) is 9.59 Å². The number of nitrogens with zero attached hydrogens (tertiary/aromatic N) is 1. The number of Topliss-reactive ketones (excluding diaryl/α,β-unsaturated/α-hetero) is 1. The highest BCUT2D eigenvalue weighted by Crippen LogP contribution is 2.22. The van der Waals surface area contributed by atoms with Crippen LogP contribution in [-0.2, 0) is 24.3 Å². The average Bonchev–Trinajstić information content (AvgIpc) is 2.77. The molecular weight excluding hydrogens is 436 g/mol. The van der Waals surface area contributed by atoms with E-state index in [1.54, 1.807) is 50.2 Å². The molecule has 0 radical (unpaired) electrons. The molecule has 32 heavy (non-hydrogen) atoms. The van der Waals surface area contributed by atoms with E-state index in [2.05, 4.69) is 5.32 Å². The van der Waals surface area contributed by atoms with Gasteiger partial charge in [0, 0.05) is 31.8 Å². The van der Waals surface area contributed by atoms with E-state index in [4.69, 9.17) is 9.47 Å². The molecule has 0 unspecified atom stereocenters. The molecule has 0 aliphatic rings. The van der Waals surface area contributed by atoms with Crippen LogP contribution in [0, 0.1) is 6.92 Å². The number of carbonyl (C=O) groups excluding carboxylic acids is 3. The van der Waals surface area contributed by atoms with E-state index in [9.17, 15) is 22.8 Å². The zero-order chi connectivity index (χ0) is 23.9. The maximum absolute atomic E-state index is 12.4. The van der Waals surface area contributed by atoms with Crippen molar-refractivity contribution in [1.29, 1.82) is 0 Å². The van der Waals surface area contributed by atoms with Crippen LogP contribution in [0.25, 0.3) is 0 Å². The van der Waals surface area contributed by atoms with E-state index < -0.39 is 35.1 Å². The molecule has 0 saturated heterocycles. The number of nitrogens with one attached hydrogen (secondary N) is 1. The SMILES string of the molecule is CCC(=O)c1ccc(OCC(=O)OCC(=O)Nc2ccc(C)c(S(=O)(=O)N(C)C)c2)cc1. The second-order valence-corrected chi connectivity index (χ2v) is 9.19. The Morgan fingerprint density at radius 2 is 1.66 bits per heavy atom. The Kier molecular flexibility index (Phi) is 8.50. The fourth-order valence-corrected chi connectivity index (χ4v) is 3.76. The third-order valence-electron chi connectivity index (χ3n) is 4.45. The number of sulfonamides is 1. The van der Waals surface area contributed by atoms with E-state index in [0.29, 0.717) is 23.3 Å². The fourth-order valence-electron chi connectivity index (χ4n) is 2.62. The van der Waals surface area contributed by atoms with Crippen molar-refractivity contribution in [3.05, 3.63) is 53.6 Å². The molecule has 0 fully saturated rings. The van der Waals surface area contributed by atoms with Crippen LogP contribution in [0.1, 0.15) is 29.3 Å². The number of aryl methyl sites for hydroxylation is 1. The zero-order valence-corrected chi connectivity index (χ0v) is 19.2. The summed E-state index contributed by atoms with van der Waals surface area (Å²) in [5.74, 6) is -0.998. The molecule has 0 saturated carbocycles. The topological polar surface area (TPSA) is 119 Å². The molecule has 10 heteroatoms. The molecule has 2 aromatic rings. The predicted octanol–water partition coefficient (Wildman–Crippen LogP) is 2.40. The molecule has 2 aromatic carbocycles. The van der Waals surface area contributed by atoms with Gasteiger partial charge in [0.1, 0.15) is 5.75 Å². The fraction of sp³-hybridized carbons (Fsp3) is 0.318. The lowest BCUT2D eigenvalue weighted by molar-refractivity contribution is -0.149. The van der Waals surface area contributed by atoms with E-state index in [-0.39, 0.29) is 16.4 Å². The minimum atomic E-state index is -3.67. The highest BCUT2D eigenvalue weighted by Gasteiger charge is 2.20. The first kappa shape index (κ1) is 25.0. The monoisotopic (exact) mass is 462 g/mol. The van der Waals surface area contributed by atoms with E-state index in [1.807, 2.05) is 0 Å². The summed E-state index contributed by atoms with van der Waals surface area (Å²) in [6.07, 6.45) is 0.393. The summed E-state index contributed by atoms with van der Waals surface area (Å²) < 4.78 is 36.0. The standard InChI is InChI=1S/C22H26N2O7S/c1-5-19(25)16-7-10-18(11-8-16)30-14-22(27)31-13-21(26)23-17-9-6-15(2)20(12-17)32(28,29)24(3)4/h6-12H,5,13-14H2,1-4H3,(H,23,26). The molecule has 9 nitrogen and oxygen atoms in total. The summed E-state index contributed by atoms with van der Waals surface area (Å²) in [6, 6.07) is 10.8. The first-order valence-corrected chi connectivity index (χ1v) is 11.2. The molecule has 0 bridgehead atoms. The molecule has 2 rings (SSSR count). The molecule has 1 N–H and O–H groups in total. The smallest absolute Gasteiger partial charge is 0.344 e. The first-order chi connectivity index (χ1) is 15.0. The summed E-state index contributed by atoms with van der Waals surface area (Å²) in [5.41, 5.74) is 1.35. The van der Waals surface area contributed by atoms with Gasteiger partial charge in [0.25, 0.3) is 5.91 Å². The van der Waals surface area contributed by atoms with Gasteiger partial charge in [-0.2, -0.15) is 0 Å². The second kappa shape index (κ2) is 10.9. The Labute approximate surface area is 187 Å². The van der Waals surface area contributed by atoms with Crippen molar-refractivity contribution in [2.45, 2.75) is 25.2 Å². The van der Waals surface area contributed by atoms with Crippen LogP contribution >= 0.6 is 0 Å². The van der Waals surface area contributed by atoms with E-state index >= 15 is 0 Å². The molecule has 0 aliphatic heterocycles. The minimum Gasteiger partial charge on any atom is -0.482 e. The van der Waals surface area contributed by atoms with Gasteiger partial charge in [-0.05, 0) is 48.9 Å². The highest BCUT2D eigenvalue weighted by atomic mass is 32.2. The molecule has 172 valence electrons. The number of benzene rings is 2. The van der Waals surface area contributed by atoms with Gasteiger partial charge in [-0.1, -0.05) is 13.0 Å². The lowest BCUT2D eigenvalue weighted by atomic mass is 10.1. The summed E-state index contributed by atoms with van der Waals surface area (Å²) in [6.45, 7) is 2.45. The van der Waals surface area contributed by atoms with Crippen LogP contribution in [0.3, 0.4) is 0 Å². The van der Waals surface area contributed by atoms with Gasteiger partial charge in [0.2, 0.25) is 10.0 Å². The van der Waals surface area contributed by atoms with E-state index in [1.165, 1.54) is 20.2 Å². The summed E-state index contributed by atoms with van der Waals surface area (Å²) in [4.78, 5) is 35.6. The average molecular weight is 463 g/mol. The summed E-state index contributed by atoms with van der Waals surface area (Å²) >= 11 is 0. The number of hydrogen-bond acceptors (Lipinski definition) is 7. The third-order valence-corrected chi connectivity index (χ3v) is 6.41. The van der Waals surface area contributed by atoms with Crippen LogP contribution < -0.4 is 10.1 Å². The van der Waals surface area contributed by atoms with Crippen LogP contribution in [-0.4, -0.2) is 57.7 Å². The van der Waals surface area contributed by atoms with Crippen molar-refractivity contribution in [3.63, 3.8) is 0 Å². The Balaban J connectivity index is 1.86. The molecule has 0 aliphatic carbocycles. The molecule has 0 heterocycles. The molecule has 0 atom stereocenters. The van der Waals surface area contributed by atoms with Gasteiger partial charge < -0.3 is 14.8 Å². The Morgan fingerprint density at radius 3 is 2.25 bits per heavy atom. The molecule has 0 spiro atoms. The number of rotatable bonds is 10. The summed E-state index contributed by atoms with van der Waals surface area (Å²) in [5, 5.41) is 2.50. The number of ketones is 1.